The lowest BCUT2D eigenvalue weighted by atomic mass is 10.0. The smallest absolute Gasteiger partial charge is 0.264 e. The topological polar surface area (TPSA) is 86.8 Å². The second-order valence-electron chi connectivity index (χ2n) is 10.3. The summed E-state index contributed by atoms with van der Waals surface area (Å²) in [7, 11) is -4.36. The zero-order valence-electron chi connectivity index (χ0n) is 24.4. The minimum atomic E-state index is -4.36. The van der Waals surface area contributed by atoms with E-state index in [-0.39, 0.29) is 29.1 Å². The van der Waals surface area contributed by atoms with Gasteiger partial charge in [0.05, 0.1) is 10.6 Å². The first-order valence-electron chi connectivity index (χ1n) is 14.4. The molecular weight excluding hydrogens is 584 g/mol. The number of para-hydroxylation sites is 1. The van der Waals surface area contributed by atoms with Gasteiger partial charge < -0.3 is 10.2 Å². The van der Waals surface area contributed by atoms with Crippen LogP contribution in [0.25, 0.3) is 0 Å². The van der Waals surface area contributed by atoms with E-state index in [2.05, 4.69) is 5.32 Å². The molecule has 0 saturated carbocycles. The number of rotatable bonds is 14. The van der Waals surface area contributed by atoms with Gasteiger partial charge in [-0.2, -0.15) is 0 Å². The van der Waals surface area contributed by atoms with Gasteiger partial charge in [0, 0.05) is 25.1 Å². The number of carbonyl (C=O) groups excluding carboxylic acids is 2. The Morgan fingerprint density at radius 1 is 0.818 bits per heavy atom. The van der Waals surface area contributed by atoms with Crippen LogP contribution in [0.1, 0.15) is 30.9 Å². The number of anilines is 1. The summed E-state index contributed by atoms with van der Waals surface area (Å²) < 4.78 is 57.3. The monoisotopic (exact) mass is 619 g/mol. The minimum Gasteiger partial charge on any atom is -0.354 e. The molecule has 10 heteroatoms. The molecule has 0 aromatic heterocycles. The van der Waals surface area contributed by atoms with Crippen molar-refractivity contribution in [3.8, 4) is 0 Å². The van der Waals surface area contributed by atoms with Crippen LogP contribution in [0.4, 0.5) is 14.5 Å². The maximum Gasteiger partial charge on any atom is 0.264 e. The number of carbonyl (C=O) groups is 2. The zero-order valence-corrected chi connectivity index (χ0v) is 25.2. The van der Waals surface area contributed by atoms with Crippen molar-refractivity contribution in [1.82, 2.24) is 10.2 Å². The molecule has 1 N–H and O–H groups in total. The van der Waals surface area contributed by atoms with E-state index in [0.29, 0.717) is 6.54 Å². The van der Waals surface area contributed by atoms with Crippen molar-refractivity contribution in [2.45, 2.75) is 43.7 Å². The number of amides is 2. The van der Waals surface area contributed by atoms with E-state index in [4.69, 9.17) is 0 Å². The van der Waals surface area contributed by atoms with Crippen LogP contribution >= 0.6 is 0 Å². The first kappa shape index (κ1) is 32.3. The van der Waals surface area contributed by atoms with Gasteiger partial charge in [0.2, 0.25) is 11.8 Å². The highest BCUT2D eigenvalue weighted by atomic mass is 32.2. The lowest BCUT2D eigenvalue weighted by molar-refractivity contribution is -0.140. The molecule has 7 nitrogen and oxygen atoms in total. The number of halogens is 2. The van der Waals surface area contributed by atoms with Crippen molar-refractivity contribution in [2.24, 2.45) is 0 Å². The molecule has 1 atom stereocenters. The van der Waals surface area contributed by atoms with E-state index in [1.807, 2.05) is 37.3 Å². The van der Waals surface area contributed by atoms with Gasteiger partial charge in [0.15, 0.2) is 0 Å². The number of hydrogen-bond acceptors (Lipinski definition) is 4. The fourth-order valence-corrected chi connectivity index (χ4v) is 6.14. The number of nitrogens with zero attached hydrogens (tertiary/aromatic N) is 2. The normalized spacial score (nSPS) is 11.9. The van der Waals surface area contributed by atoms with Crippen LogP contribution in [-0.4, -0.2) is 44.3 Å². The van der Waals surface area contributed by atoms with Crippen molar-refractivity contribution < 1.29 is 26.8 Å². The summed E-state index contributed by atoms with van der Waals surface area (Å²) in [5.41, 5.74) is 1.14. The van der Waals surface area contributed by atoms with Crippen molar-refractivity contribution in [3.63, 3.8) is 0 Å². The molecule has 0 aliphatic carbocycles. The SMILES string of the molecule is CCCCNC(=O)[C@@H](Cc1ccccc1)N(Cc1ccccc1F)C(=O)CN(c1ccccc1)S(=O)(=O)c1ccc(F)cc1. The first-order valence-corrected chi connectivity index (χ1v) is 15.8. The summed E-state index contributed by atoms with van der Waals surface area (Å²) >= 11 is 0. The van der Waals surface area contributed by atoms with E-state index in [1.54, 1.807) is 24.3 Å². The van der Waals surface area contributed by atoms with Gasteiger partial charge in [-0.1, -0.05) is 80.1 Å². The van der Waals surface area contributed by atoms with Crippen molar-refractivity contribution in [3.05, 3.63) is 132 Å². The molecular formula is C34H35F2N3O4S. The molecule has 4 aromatic carbocycles. The molecule has 0 fully saturated rings. The average molecular weight is 620 g/mol. The maximum atomic E-state index is 14.9. The summed E-state index contributed by atoms with van der Waals surface area (Å²) in [4.78, 5) is 29.0. The van der Waals surface area contributed by atoms with Crippen LogP contribution in [0.2, 0.25) is 0 Å². The highest BCUT2D eigenvalue weighted by molar-refractivity contribution is 7.92. The number of sulfonamides is 1. The van der Waals surface area contributed by atoms with E-state index in [1.165, 1.54) is 35.2 Å². The van der Waals surface area contributed by atoms with E-state index >= 15 is 0 Å². The Morgan fingerprint density at radius 3 is 2.07 bits per heavy atom. The molecule has 0 aliphatic rings. The summed E-state index contributed by atoms with van der Waals surface area (Å²) in [5, 5.41) is 2.89. The fraction of sp³-hybridized carbons (Fsp3) is 0.235. The Hall–Kier alpha value is -4.57. The van der Waals surface area contributed by atoms with Crippen LogP contribution < -0.4 is 9.62 Å². The van der Waals surface area contributed by atoms with Crippen LogP contribution in [-0.2, 0) is 32.6 Å². The first-order chi connectivity index (χ1) is 21.2. The van der Waals surface area contributed by atoms with Crippen LogP contribution in [0.3, 0.4) is 0 Å². The molecule has 0 bridgehead atoms. The highest BCUT2D eigenvalue weighted by Crippen LogP contribution is 2.25. The van der Waals surface area contributed by atoms with Gasteiger partial charge in [-0.05, 0) is 54.4 Å². The Bertz CT molecular complexity index is 1640. The lowest BCUT2D eigenvalue weighted by Crippen LogP contribution is -2.53. The summed E-state index contributed by atoms with van der Waals surface area (Å²) in [6.45, 7) is 1.41. The molecule has 0 aliphatic heterocycles. The molecule has 0 radical (unpaired) electrons. The highest BCUT2D eigenvalue weighted by Gasteiger charge is 2.35. The third-order valence-corrected chi connectivity index (χ3v) is 8.91. The predicted octanol–water partition coefficient (Wildman–Crippen LogP) is 5.72. The second-order valence-corrected chi connectivity index (χ2v) is 12.1. The zero-order chi connectivity index (χ0) is 31.5. The molecule has 2 amide bonds. The molecule has 0 unspecified atom stereocenters. The van der Waals surface area contributed by atoms with Gasteiger partial charge in [0.25, 0.3) is 10.0 Å². The number of benzene rings is 4. The molecule has 0 saturated heterocycles. The molecule has 230 valence electrons. The second kappa shape index (κ2) is 15.2. The predicted molar refractivity (Wildman–Crippen MR) is 166 cm³/mol. The van der Waals surface area contributed by atoms with E-state index in [0.717, 1.165) is 47.0 Å². The summed E-state index contributed by atoms with van der Waals surface area (Å²) in [6, 6.07) is 26.3. The number of hydrogen-bond donors (Lipinski definition) is 1. The number of unbranched alkanes of at least 4 members (excludes halogenated alkanes) is 1. The molecule has 0 spiro atoms. The molecule has 0 heterocycles. The minimum absolute atomic E-state index is 0.120. The van der Waals surface area contributed by atoms with Crippen LogP contribution in [0.15, 0.2) is 114 Å². The van der Waals surface area contributed by atoms with E-state index in [9.17, 15) is 26.8 Å². The van der Waals surface area contributed by atoms with Crippen LogP contribution in [0.5, 0.6) is 0 Å². The summed E-state index contributed by atoms with van der Waals surface area (Å²) in [6.07, 6.45) is 1.69. The lowest BCUT2D eigenvalue weighted by Gasteiger charge is -2.34. The summed E-state index contributed by atoms with van der Waals surface area (Å²) in [5.74, 6) is -2.32. The van der Waals surface area contributed by atoms with Gasteiger partial charge in [0.1, 0.15) is 24.2 Å². The Balaban J connectivity index is 1.78. The average Bonchev–Trinajstić information content (AvgIpc) is 3.03. The maximum absolute atomic E-state index is 14.9. The van der Waals surface area contributed by atoms with Gasteiger partial charge in [-0.25, -0.2) is 17.2 Å². The quantitative estimate of drug-likeness (QED) is 0.183. The van der Waals surface area contributed by atoms with Gasteiger partial charge in [-0.15, -0.1) is 0 Å². The Labute approximate surface area is 257 Å². The molecule has 44 heavy (non-hydrogen) atoms. The van der Waals surface area contributed by atoms with Crippen LogP contribution in [0, 0.1) is 11.6 Å². The largest absolute Gasteiger partial charge is 0.354 e. The van der Waals surface area contributed by atoms with Gasteiger partial charge in [-0.3, -0.25) is 13.9 Å². The van der Waals surface area contributed by atoms with Gasteiger partial charge >= 0.3 is 0 Å². The molecule has 4 rings (SSSR count). The van der Waals surface area contributed by atoms with Crippen molar-refractivity contribution >= 4 is 27.5 Å². The number of nitrogens with one attached hydrogen (secondary N) is 1. The Morgan fingerprint density at radius 2 is 1.43 bits per heavy atom. The van der Waals surface area contributed by atoms with Crippen molar-refractivity contribution in [2.75, 3.05) is 17.4 Å². The Kier molecular flexibility index (Phi) is 11.2. The standard InChI is InChI=1S/C34H35F2N3O4S/c1-2-3-22-37-34(41)32(23-26-12-6-4-7-13-26)38(24-27-14-10-11-17-31(27)36)33(40)25-39(29-15-8-5-9-16-29)44(42,43)30-20-18-28(35)19-21-30/h4-21,32H,2-3,22-25H2,1H3,(H,37,41)/t32-/m1/s1. The fourth-order valence-electron chi connectivity index (χ4n) is 4.73. The third-order valence-electron chi connectivity index (χ3n) is 7.12. The van der Waals surface area contributed by atoms with Crippen molar-refractivity contribution in [1.29, 1.82) is 0 Å². The molecule has 4 aromatic rings. The van der Waals surface area contributed by atoms with E-state index < -0.39 is 46.1 Å². The third kappa shape index (κ3) is 8.29.